The largest absolute Gasteiger partial charge is 0.322 e. The number of benzene rings is 2. The highest BCUT2D eigenvalue weighted by molar-refractivity contribution is 7.89. The van der Waals surface area contributed by atoms with Crippen LogP contribution in [0, 0.1) is 23.0 Å². The molecule has 0 aliphatic carbocycles. The third kappa shape index (κ3) is 4.38. The molecular formula is C25H22F2N4O5S. The van der Waals surface area contributed by atoms with E-state index in [9.17, 15) is 27.2 Å². The molecule has 1 N–H and O–H groups in total. The number of nitriles is 1. The molecular weight excluding hydrogens is 506 g/mol. The standard InChI is InChI=1S/C25H22F2N4O5S/c26-19-2-1-14(12-28)9-22(19)37(35,36)30-7-5-15(6-8-30)17-10-16-13-31(25(34)18(16)11-20(17)27)21-3-4-23(32)29-24(21)33/h1-2,9-11,15,21H,3-8,13H2,(H,29,32,33). The number of hydrogen-bond acceptors (Lipinski definition) is 6. The summed E-state index contributed by atoms with van der Waals surface area (Å²) in [5.74, 6) is -3.29. The van der Waals surface area contributed by atoms with Gasteiger partial charge in [0.15, 0.2) is 0 Å². The Hall–Kier alpha value is -3.69. The van der Waals surface area contributed by atoms with Gasteiger partial charge >= 0.3 is 0 Å². The molecule has 1 atom stereocenters. The van der Waals surface area contributed by atoms with Crippen LogP contribution in [0.1, 0.15) is 58.6 Å². The lowest BCUT2D eigenvalue weighted by Gasteiger charge is -2.31. The van der Waals surface area contributed by atoms with E-state index in [1.54, 1.807) is 12.1 Å². The molecule has 2 saturated heterocycles. The third-order valence-corrected chi connectivity index (χ3v) is 9.13. The fraction of sp³-hybridized carbons (Fsp3) is 0.360. The summed E-state index contributed by atoms with van der Waals surface area (Å²) in [6, 6.07) is 6.89. The molecule has 3 heterocycles. The maximum absolute atomic E-state index is 15.1. The molecule has 0 bridgehead atoms. The number of carbonyl (C=O) groups is 3. The summed E-state index contributed by atoms with van der Waals surface area (Å²) in [7, 11) is -4.19. The lowest BCUT2D eigenvalue weighted by atomic mass is 9.88. The Balaban J connectivity index is 1.32. The highest BCUT2D eigenvalue weighted by Gasteiger charge is 2.40. The molecule has 9 nitrogen and oxygen atoms in total. The number of fused-ring (bicyclic) bond motifs is 1. The van der Waals surface area contributed by atoms with Gasteiger partial charge in [-0.25, -0.2) is 17.2 Å². The van der Waals surface area contributed by atoms with Crippen molar-refractivity contribution in [2.24, 2.45) is 0 Å². The third-order valence-electron chi connectivity index (χ3n) is 7.21. The second kappa shape index (κ2) is 9.32. The van der Waals surface area contributed by atoms with Gasteiger partial charge in [0.25, 0.3) is 5.91 Å². The Morgan fingerprint density at radius 2 is 1.73 bits per heavy atom. The number of rotatable bonds is 4. The minimum absolute atomic E-state index is 0.0240. The number of piperidine rings is 2. The fourth-order valence-electron chi connectivity index (χ4n) is 5.24. The van der Waals surface area contributed by atoms with Crippen molar-refractivity contribution in [2.45, 2.75) is 49.1 Å². The lowest BCUT2D eigenvalue weighted by Crippen LogP contribution is -2.52. The van der Waals surface area contributed by atoms with Crippen molar-refractivity contribution >= 4 is 27.7 Å². The zero-order chi connectivity index (χ0) is 26.5. The molecule has 3 aliphatic rings. The van der Waals surface area contributed by atoms with Crippen LogP contribution >= 0.6 is 0 Å². The summed E-state index contributed by atoms with van der Waals surface area (Å²) < 4.78 is 56.6. The van der Waals surface area contributed by atoms with E-state index < -0.39 is 50.3 Å². The SMILES string of the molecule is N#Cc1ccc(F)c(S(=O)(=O)N2CCC(c3cc4c(cc3F)C(=O)N(C3CCC(=O)NC3=O)C4)CC2)c1. The number of imide groups is 1. The summed E-state index contributed by atoms with van der Waals surface area (Å²) >= 11 is 0. The zero-order valence-corrected chi connectivity index (χ0v) is 20.4. The van der Waals surface area contributed by atoms with Crippen molar-refractivity contribution in [1.82, 2.24) is 14.5 Å². The topological polar surface area (TPSA) is 128 Å². The number of nitrogens with one attached hydrogen (secondary N) is 1. The number of halogens is 2. The van der Waals surface area contributed by atoms with E-state index in [0.29, 0.717) is 11.1 Å². The van der Waals surface area contributed by atoms with Crippen LogP contribution in [0.3, 0.4) is 0 Å². The maximum atomic E-state index is 15.1. The van der Waals surface area contributed by atoms with Gasteiger partial charge in [0.1, 0.15) is 22.6 Å². The number of nitrogens with zero attached hydrogens (tertiary/aromatic N) is 3. The number of hydrogen-bond donors (Lipinski definition) is 1. The van der Waals surface area contributed by atoms with Gasteiger partial charge in [-0.3, -0.25) is 19.7 Å². The summed E-state index contributed by atoms with van der Waals surface area (Å²) in [6.45, 7) is 0.164. The van der Waals surface area contributed by atoms with Crippen LogP contribution in [-0.2, 0) is 26.2 Å². The molecule has 3 amide bonds. The Morgan fingerprint density at radius 1 is 1.00 bits per heavy atom. The molecule has 0 aromatic heterocycles. The van der Waals surface area contributed by atoms with E-state index in [-0.39, 0.29) is 62.4 Å². The molecule has 2 fully saturated rings. The van der Waals surface area contributed by atoms with Crippen molar-refractivity contribution in [3.63, 3.8) is 0 Å². The highest BCUT2D eigenvalue weighted by atomic mass is 32.2. The quantitative estimate of drug-likeness (QED) is 0.606. The van der Waals surface area contributed by atoms with Crippen LogP contribution < -0.4 is 5.32 Å². The minimum atomic E-state index is -4.19. The second-order valence-electron chi connectivity index (χ2n) is 9.37. The van der Waals surface area contributed by atoms with Crippen LogP contribution in [-0.4, -0.2) is 54.5 Å². The number of amides is 3. The fourth-order valence-corrected chi connectivity index (χ4v) is 6.80. The van der Waals surface area contributed by atoms with Crippen LogP contribution in [0.15, 0.2) is 35.2 Å². The van der Waals surface area contributed by atoms with Crippen molar-refractivity contribution in [3.8, 4) is 6.07 Å². The van der Waals surface area contributed by atoms with Crippen LogP contribution in [0.2, 0.25) is 0 Å². The van der Waals surface area contributed by atoms with E-state index in [2.05, 4.69) is 5.32 Å². The van der Waals surface area contributed by atoms with E-state index in [1.807, 2.05) is 0 Å². The first-order valence-electron chi connectivity index (χ1n) is 11.8. The van der Waals surface area contributed by atoms with Crippen molar-refractivity contribution < 1.29 is 31.6 Å². The molecule has 2 aromatic rings. The van der Waals surface area contributed by atoms with Gasteiger partial charge in [-0.1, -0.05) is 6.07 Å². The molecule has 1 unspecified atom stereocenters. The minimum Gasteiger partial charge on any atom is -0.322 e. The van der Waals surface area contributed by atoms with E-state index in [4.69, 9.17) is 5.26 Å². The smallest absolute Gasteiger partial charge is 0.255 e. The highest BCUT2D eigenvalue weighted by Crippen LogP contribution is 2.36. The molecule has 3 aliphatic heterocycles. The predicted octanol–water partition coefficient (Wildman–Crippen LogP) is 2.17. The second-order valence-corrected chi connectivity index (χ2v) is 11.3. The van der Waals surface area contributed by atoms with Gasteiger partial charge in [-0.2, -0.15) is 9.57 Å². The number of carbonyl (C=O) groups excluding carboxylic acids is 3. The van der Waals surface area contributed by atoms with Crippen molar-refractivity contribution in [3.05, 3.63) is 64.2 Å². The Kier molecular flexibility index (Phi) is 6.29. The Morgan fingerprint density at radius 3 is 2.41 bits per heavy atom. The van der Waals surface area contributed by atoms with E-state index in [0.717, 1.165) is 22.5 Å². The average molecular weight is 529 g/mol. The molecule has 5 rings (SSSR count). The maximum Gasteiger partial charge on any atom is 0.255 e. The predicted molar refractivity (Wildman–Crippen MR) is 124 cm³/mol. The van der Waals surface area contributed by atoms with Gasteiger partial charge < -0.3 is 4.90 Å². The number of sulfonamides is 1. The van der Waals surface area contributed by atoms with Crippen molar-refractivity contribution in [2.75, 3.05) is 13.1 Å². The van der Waals surface area contributed by atoms with Gasteiger partial charge in [-0.15, -0.1) is 0 Å². The zero-order valence-electron chi connectivity index (χ0n) is 19.5. The lowest BCUT2D eigenvalue weighted by molar-refractivity contribution is -0.136. The molecule has 12 heteroatoms. The average Bonchev–Trinajstić information content (AvgIpc) is 3.18. The summed E-state index contributed by atoms with van der Waals surface area (Å²) in [5, 5.41) is 11.3. The molecule has 192 valence electrons. The molecule has 0 saturated carbocycles. The first kappa shape index (κ1) is 25.0. The summed E-state index contributed by atoms with van der Waals surface area (Å²) in [6.07, 6.45) is 0.867. The molecule has 0 radical (unpaired) electrons. The van der Waals surface area contributed by atoms with Crippen LogP contribution in [0.5, 0.6) is 0 Å². The van der Waals surface area contributed by atoms with E-state index >= 15 is 4.39 Å². The first-order chi connectivity index (χ1) is 17.6. The summed E-state index contributed by atoms with van der Waals surface area (Å²) in [4.78, 5) is 37.4. The van der Waals surface area contributed by atoms with Gasteiger partial charge in [0.05, 0.1) is 11.6 Å². The molecule has 2 aromatic carbocycles. The molecule has 0 spiro atoms. The Labute approximate surface area is 211 Å². The van der Waals surface area contributed by atoms with E-state index in [1.165, 1.54) is 11.0 Å². The molecule has 37 heavy (non-hydrogen) atoms. The van der Waals surface area contributed by atoms with Crippen LogP contribution in [0.4, 0.5) is 8.78 Å². The van der Waals surface area contributed by atoms with Gasteiger partial charge in [0.2, 0.25) is 21.8 Å². The Bertz CT molecular complexity index is 1480. The van der Waals surface area contributed by atoms with Gasteiger partial charge in [0, 0.05) is 31.6 Å². The summed E-state index contributed by atoms with van der Waals surface area (Å²) in [5.41, 5.74) is 1.11. The first-order valence-corrected chi connectivity index (χ1v) is 13.2. The van der Waals surface area contributed by atoms with Gasteiger partial charge in [-0.05, 0) is 60.6 Å². The normalized spacial score (nSPS) is 21.1. The monoisotopic (exact) mass is 528 g/mol. The van der Waals surface area contributed by atoms with Crippen molar-refractivity contribution in [1.29, 1.82) is 5.26 Å². The van der Waals surface area contributed by atoms with Crippen LogP contribution in [0.25, 0.3) is 0 Å².